The molecule has 0 aromatic heterocycles. The van der Waals surface area contributed by atoms with Gasteiger partial charge in [-0.25, -0.2) is 0 Å². The van der Waals surface area contributed by atoms with Crippen molar-refractivity contribution in [3.8, 4) is 0 Å². The average molecular weight is 216 g/mol. The molecule has 0 N–H and O–H groups in total. The van der Waals surface area contributed by atoms with Crippen LogP contribution in [0, 0.1) is 0 Å². The quantitative estimate of drug-likeness (QED) is 0.370. The summed E-state index contributed by atoms with van der Waals surface area (Å²) >= 11 is 0. The minimum Gasteiger partial charge on any atom is -0.894 e. The van der Waals surface area contributed by atoms with Crippen LogP contribution < -0.4 is 19.2 Å². The van der Waals surface area contributed by atoms with Gasteiger partial charge in [0, 0.05) is 0 Å². The van der Waals surface area contributed by atoms with Gasteiger partial charge < -0.3 is 28.2 Å². The minimum atomic E-state index is -5.61. The maximum absolute atomic E-state index is 8.58. The fourth-order valence-electron chi connectivity index (χ4n) is 0. The van der Waals surface area contributed by atoms with E-state index in [1.165, 1.54) is 0 Å². The maximum atomic E-state index is 8.58. The molecule has 0 rings (SSSR count). The zero-order chi connectivity index (χ0) is 7.21. The van der Waals surface area contributed by atoms with E-state index in [-0.39, 0.29) is 81.6 Å². The second-order valence-corrected chi connectivity index (χ2v) is 1.58. The van der Waals surface area contributed by atoms with Crippen LogP contribution in [-0.2, 0) is 9.59 Å². The monoisotopic (exact) mass is 216 g/mol. The first-order valence-electron chi connectivity index (χ1n) is 1.22. The molecule has 0 saturated heterocycles. The van der Waals surface area contributed by atoms with Gasteiger partial charge in [0.25, 0.3) is 0 Å². The van der Waals surface area contributed by atoms with Gasteiger partial charge in [-0.15, -0.1) is 0 Å². The van der Waals surface area contributed by atoms with Gasteiger partial charge in [-0.3, -0.25) is 0 Å². The zero-order valence-electron chi connectivity index (χ0n) is 4.86. The van der Waals surface area contributed by atoms with E-state index in [0.717, 1.165) is 0 Å². The summed E-state index contributed by atoms with van der Waals surface area (Å²) < 4.78 is 0. The van der Waals surface area contributed by atoms with Crippen LogP contribution in [0.4, 0.5) is 0 Å². The maximum Gasteiger partial charge on any atom is 2.00 e. The Labute approximate surface area is 117 Å². The number of rotatable bonds is 0. The summed E-state index contributed by atoms with van der Waals surface area (Å²) in [5.74, 6) is 0. The fraction of sp³-hybridized carbons (Fsp3) is 0. The van der Waals surface area contributed by atoms with Gasteiger partial charge in [0.2, 0.25) is 0 Å². The van der Waals surface area contributed by atoms with Gasteiger partial charge in [-0.1, -0.05) is 0 Å². The van der Waals surface area contributed by atoms with Crippen LogP contribution in [-0.4, -0.2) is 90.7 Å². The summed E-state index contributed by atoms with van der Waals surface area (Å²) in [5, 5.41) is 0. The van der Waals surface area contributed by atoms with Crippen molar-refractivity contribution in [3.63, 3.8) is 0 Å². The van der Waals surface area contributed by atoms with E-state index in [2.05, 4.69) is 0 Å². The molecule has 6 nitrogen and oxygen atoms in total. The molecule has 0 amide bonds. The summed E-state index contributed by atoms with van der Waals surface area (Å²) in [5.41, 5.74) is 0. The van der Waals surface area contributed by atoms with E-state index in [9.17, 15) is 0 Å². The minimum absolute atomic E-state index is 0. The van der Waals surface area contributed by atoms with Crippen molar-refractivity contribution in [2.45, 2.75) is 0 Å². The predicted molar refractivity (Wildman–Crippen MR) is 22.3 cm³/mol. The van der Waals surface area contributed by atoms with Crippen molar-refractivity contribution in [2.24, 2.45) is 0 Å². The third kappa shape index (κ3) is 209. The third-order valence-electron chi connectivity index (χ3n) is 0. The number of carbonyl (C=O) groups excluding carboxylic acids is 2. The molecule has 0 bridgehead atoms. The van der Waals surface area contributed by atoms with Crippen LogP contribution in [0.15, 0.2) is 0 Å². The van der Waals surface area contributed by atoms with Gasteiger partial charge >= 0.3 is 81.6 Å². The molecule has 0 fully saturated rings. The van der Waals surface area contributed by atoms with Gasteiger partial charge in [0.15, 0.2) is 0 Å². The van der Waals surface area contributed by atoms with Crippen molar-refractivity contribution in [2.75, 3.05) is 0 Å². The molecular formula is CCa2O6Si. The Morgan fingerprint density at radius 3 is 0.900 bits per heavy atom. The number of hydrogen-bond donors (Lipinski definition) is 0. The van der Waals surface area contributed by atoms with Gasteiger partial charge in [-0.05, 0) is 0 Å². The first-order valence-corrected chi connectivity index (χ1v) is 2.86. The smallest absolute Gasteiger partial charge is 0.894 e. The second-order valence-electron chi connectivity index (χ2n) is 0.583. The first-order chi connectivity index (χ1) is 3.41. The molecule has 0 spiro atoms. The van der Waals surface area contributed by atoms with Gasteiger partial charge in [0.1, 0.15) is 0 Å². The summed E-state index contributed by atoms with van der Waals surface area (Å²) in [7, 11) is -5.61. The predicted octanol–water partition coefficient (Wildman–Crippen LogP) is -6.48. The van der Waals surface area contributed by atoms with Crippen molar-refractivity contribution in [1.82, 2.24) is 0 Å². The Morgan fingerprint density at radius 2 is 0.900 bits per heavy atom. The van der Waals surface area contributed by atoms with E-state index in [4.69, 9.17) is 28.8 Å². The zero-order valence-corrected chi connectivity index (χ0v) is 10.3. The van der Waals surface area contributed by atoms with Crippen LogP contribution in [0.1, 0.15) is 0 Å². The molecule has 0 unspecified atom stereocenters. The average Bonchev–Trinajstić information content (AvgIpc) is 1.27. The SMILES string of the molecule is O=C=O.[Ca+2].[Ca+2].[O-][Si]([O-])([O-])[O-]. The number of hydrogen-bond acceptors (Lipinski definition) is 6. The van der Waals surface area contributed by atoms with E-state index in [1.54, 1.807) is 0 Å². The van der Waals surface area contributed by atoms with Crippen LogP contribution >= 0.6 is 0 Å². The van der Waals surface area contributed by atoms with Crippen LogP contribution in [0.25, 0.3) is 0 Å². The molecule has 0 saturated carbocycles. The van der Waals surface area contributed by atoms with Gasteiger partial charge in [-0.2, -0.15) is 9.59 Å². The summed E-state index contributed by atoms with van der Waals surface area (Å²) in [6.07, 6.45) is 0.250. The standard InChI is InChI=1S/CO2.2Ca.O4Si/c2-1-3;;;1-5(2,3)4/q;2*+2;-4. The molecule has 0 aromatic rings. The Hall–Kier alpha value is 1.96. The second kappa shape index (κ2) is 13.5. The Morgan fingerprint density at radius 1 is 0.900 bits per heavy atom. The first kappa shape index (κ1) is 22.7. The van der Waals surface area contributed by atoms with E-state index < -0.39 is 9.05 Å². The molecule has 9 heteroatoms. The van der Waals surface area contributed by atoms with Crippen LogP contribution in [0.3, 0.4) is 0 Å². The molecule has 0 atom stereocenters. The molecule has 0 heterocycles. The summed E-state index contributed by atoms with van der Waals surface area (Å²) in [6.45, 7) is 0. The molecule has 48 valence electrons. The van der Waals surface area contributed by atoms with Crippen molar-refractivity contribution in [3.05, 3.63) is 0 Å². The summed E-state index contributed by atoms with van der Waals surface area (Å²) in [4.78, 5) is 50.6. The summed E-state index contributed by atoms with van der Waals surface area (Å²) in [6, 6.07) is 0. The molecule has 0 radical (unpaired) electrons. The molecular weight excluding hydrogens is 216 g/mol. The molecule has 10 heavy (non-hydrogen) atoms. The molecule has 0 aliphatic carbocycles. The van der Waals surface area contributed by atoms with Crippen LogP contribution in [0.5, 0.6) is 0 Å². The topological polar surface area (TPSA) is 126 Å². The molecule has 0 aromatic carbocycles. The third-order valence-corrected chi connectivity index (χ3v) is 0. The molecule has 0 aliphatic rings. The van der Waals surface area contributed by atoms with Crippen LogP contribution in [0.2, 0.25) is 0 Å². The fourth-order valence-corrected chi connectivity index (χ4v) is 0. The van der Waals surface area contributed by atoms with E-state index >= 15 is 0 Å². The normalized spacial score (nSPS) is 6.80. The van der Waals surface area contributed by atoms with E-state index in [1.807, 2.05) is 0 Å². The molecule has 0 aliphatic heterocycles. The Balaban J connectivity index is -0.0000000326. The van der Waals surface area contributed by atoms with E-state index in [0.29, 0.717) is 0 Å². The van der Waals surface area contributed by atoms with Crippen molar-refractivity contribution < 1.29 is 28.8 Å². The largest absolute Gasteiger partial charge is 2.00 e. The van der Waals surface area contributed by atoms with Crippen molar-refractivity contribution >= 4 is 90.7 Å². The van der Waals surface area contributed by atoms with Crippen molar-refractivity contribution in [1.29, 1.82) is 0 Å². The van der Waals surface area contributed by atoms with Gasteiger partial charge in [0.05, 0.1) is 0 Å². The Kier molecular flexibility index (Phi) is 30.7. The Bertz CT molecular complexity index is 76.2.